The first-order valence-corrected chi connectivity index (χ1v) is 9.03. The quantitative estimate of drug-likeness (QED) is 0.738. The lowest BCUT2D eigenvalue weighted by molar-refractivity contribution is 0.0952. The fraction of sp³-hybridized carbons (Fsp3) is 0.632. The predicted molar refractivity (Wildman–Crippen MR) is 101 cm³/mol. The molecule has 0 radical (unpaired) electrons. The van der Waals surface area contributed by atoms with Crippen LogP contribution in [0.5, 0.6) is 0 Å². The fourth-order valence-corrected chi connectivity index (χ4v) is 2.92. The first-order valence-electron chi connectivity index (χ1n) is 9.03. The highest BCUT2D eigenvalue weighted by atomic mass is 16.1. The summed E-state index contributed by atoms with van der Waals surface area (Å²) < 4.78 is 0. The molecule has 24 heavy (non-hydrogen) atoms. The number of likely N-dealkylation sites (N-methyl/N-ethyl adjacent to an activating group) is 1. The Kier molecular flexibility index (Phi) is 7.53. The van der Waals surface area contributed by atoms with Crippen molar-refractivity contribution in [2.45, 2.75) is 19.3 Å². The van der Waals surface area contributed by atoms with Crippen LogP contribution in [0.25, 0.3) is 0 Å². The molecular weight excluding hydrogens is 300 g/mol. The van der Waals surface area contributed by atoms with Gasteiger partial charge in [0.15, 0.2) is 0 Å². The number of nitrogens with one attached hydrogen (secondary N) is 1. The van der Waals surface area contributed by atoms with E-state index in [1.807, 2.05) is 43.3 Å². The number of benzene rings is 1. The van der Waals surface area contributed by atoms with E-state index in [9.17, 15) is 4.79 Å². The maximum absolute atomic E-state index is 12.1. The maximum Gasteiger partial charge on any atom is 0.251 e. The van der Waals surface area contributed by atoms with Gasteiger partial charge in [-0.1, -0.05) is 6.42 Å². The summed E-state index contributed by atoms with van der Waals surface area (Å²) in [6, 6.07) is 7.73. The van der Waals surface area contributed by atoms with Crippen LogP contribution in [-0.2, 0) is 0 Å². The number of hydrogen-bond acceptors (Lipinski definition) is 4. The van der Waals surface area contributed by atoms with Gasteiger partial charge in [-0.05, 0) is 50.7 Å². The molecule has 1 saturated heterocycles. The monoisotopic (exact) mass is 332 g/mol. The number of nitrogens with zero attached hydrogens (tertiary/aromatic N) is 3. The van der Waals surface area contributed by atoms with Crippen molar-refractivity contribution < 1.29 is 4.79 Å². The zero-order valence-electron chi connectivity index (χ0n) is 15.4. The third-order valence-electron chi connectivity index (χ3n) is 4.68. The lowest BCUT2D eigenvalue weighted by Gasteiger charge is -2.32. The molecule has 1 aliphatic heterocycles. The van der Waals surface area contributed by atoms with Crippen molar-refractivity contribution >= 4 is 11.6 Å². The second-order valence-electron chi connectivity index (χ2n) is 6.90. The van der Waals surface area contributed by atoms with Crippen LogP contribution in [0.4, 0.5) is 5.69 Å². The number of carbonyl (C=O) groups is 1. The summed E-state index contributed by atoms with van der Waals surface area (Å²) >= 11 is 0. The van der Waals surface area contributed by atoms with Crippen LogP contribution in [-0.4, -0.2) is 76.1 Å². The van der Waals surface area contributed by atoms with Gasteiger partial charge in [0, 0.05) is 58.1 Å². The van der Waals surface area contributed by atoms with Crippen LogP contribution >= 0.6 is 0 Å². The summed E-state index contributed by atoms with van der Waals surface area (Å²) in [5, 5.41) is 3.02. The first-order chi connectivity index (χ1) is 11.6. The van der Waals surface area contributed by atoms with Gasteiger partial charge in [-0.15, -0.1) is 0 Å². The highest BCUT2D eigenvalue weighted by Gasteiger charge is 2.12. The summed E-state index contributed by atoms with van der Waals surface area (Å²) in [5.74, 6) is 0.0272. The minimum atomic E-state index is 0.0272. The molecule has 1 fully saturated rings. The van der Waals surface area contributed by atoms with Crippen molar-refractivity contribution in [3.05, 3.63) is 29.8 Å². The summed E-state index contributed by atoms with van der Waals surface area (Å²) in [4.78, 5) is 19.1. The molecule has 1 aliphatic rings. The third kappa shape index (κ3) is 6.13. The van der Waals surface area contributed by atoms with Crippen molar-refractivity contribution in [3.8, 4) is 0 Å². The number of hydrogen-bond donors (Lipinski definition) is 1. The van der Waals surface area contributed by atoms with Gasteiger partial charge in [-0.3, -0.25) is 4.79 Å². The van der Waals surface area contributed by atoms with Crippen LogP contribution in [0, 0.1) is 0 Å². The molecule has 134 valence electrons. The lowest BCUT2D eigenvalue weighted by atomic mass is 10.1. The standard InChI is InChI=1S/C19H32N4O/c1-21(2)18-9-7-17(8-10-18)19(24)20-11-5-4-6-12-23-15-13-22(3)14-16-23/h7-10H,4-6,11-16H2,1-3H3,(H,20,24). The molecule has 1 aromatic rings. The fourth-order valence-electron chi connectivity index (χ4n) is 2.92. The van der Waals surface area contributed by atoms with Crippen LogP contribution < -0.4 is 10.2 Å². The van der Waals surface area contributed by atoms with Crippen LogP contribution in [0.1, 0.15) is 29.6 Å². The molecule has 0 aliphatic carbocycles. The van der Waals surface area contributed by atoms with Gasteiger partial charge in [0.1, 0.15) is 0 Å². The topological polar surface area (TPSA) is 38.8 Å². The number of anilines is 1. The predicted octanol–water partition coefficient (Wildman–Crippen LogP) is 1.90. The van der Waals surface area contributed by atoms with Gasteiger partial charge >= 0.3 is 0 Å². The average Bonchev–Trinajstić information content (AvgIpc) is 2.59. The van der Waals surface area contributed by atoms with E-state index < -0.39 is 0 Å². The average molecular weight is 332 g/mol. The highest BCUT2D eigenvalue weighted by molar-refractivity contribution is 5.94. The molecule has 0 bridgehead atoms. The van der Waals surface area contributed by atoms with E-state index in [1.54, 1.807) is 0 Å². The number of rotatable bonds is 8. The Balaban J connectivity index is 1.56. The smallest absolute Gasteiger partial charge is 0.251 e. The Morgan fingerprint density at radius 1 is 1.04 bits per heavy atom. The van der Waals surface area contributed by atoms with Crippen LogP contribution in [0.3, 0.4) is 0 Å². The van der Waals surface area contributed by atoms with Gasteiger partial charge < -0.3 is 20.0 Å². The number of amides is 1. The number of piperazine rings is 1. The van der Waals surface area contributed by atoms with E-state index in [0.717, 1.165) is 24.2 Å². The van der Waals surface area contributed by atoms with Crippen molar-refractivity contribution in [3.63, 3.8) is 0 Å². The molecule has 0 spiro atoms. The third-order valence-corrected chi connectivity index (χ3v) is 4.68. The Morgan fingerprint density at radius 2 is 1.71 bits per heavy atom. The SMILES string of the molecule is CN1CCN(CCCCCNC(=O)c2ccc(N(C)C)cc2)CC1. The van der Waals surface area contributed by atoms with Crippen molar-refractivity contribution in [2.24, 2.45) is 0 Å². The van der Waals surface area contributed by atoms with Crippen LogP contribution in [0.15, 0.2) is 24.3 Å². The molecule has 1 aromatic carbocycles. The minimum Gasteiger partial charge on any atom is -0.378 e. The molecule has 2 rings (SSSR count). The van der Waals surface area contributed by atoms with Gasteiger partial charge in [0.25, 0.3) is 5.91 Å². The van der Waals surface area contributed by atoms with E-state index in [0.29, 0.717) is 0 Å². The normalized spacial score (nSPS) is 16.1. The number of unbranched alkanes of at least 4 members (excludes halogenated alkanes) is 2. The summed E-state index contributed by atoms with van der Waals surface area (Å²) in [5.41, 5.74) is 1.84. The molecule has 0 aromatic heterocycles. The molecule has 0 atom stereocenters. The molecule has 5 nitrogen and oxygen atoms in total. The minimum absolute atomic E-state index is 0.0272. The Hall–Kier alpha value is -1.59. The van der Waals surface area contributed by atoms with Gasteiger partial charge in [-0.25, -0.2) is 0 Å². The van der Waals surface area contributed by atoms with E-state index in [-0.39, 0.29) is 5.91 Å². The van der Waals surface area contributed by atoms with Gasteiger partial charge in [-0.2, -0.15) is 0 Å². The second kappa shape index (κ2) is 9.64. The molecule has 0 unspecified atom stereocenters. The number of carbonyl (C=O) groups excluding carboxylic acids is 1. The van der Waals surface area contributed by atoms with E-state index in [1.165, 1.54) is 45.6 Å². The van der Waals surface area contributed by atoms with E-state index >= 15 is 0 Å². The summed E-state index contributed by atoms with van der Waals surface area (Å²) in [6.07, 6.45) is 3.44. The first kappa shape index (κ1) is 18.7. The van der Waals surface area contributed by atoms with Gasteiger partial charge in [0.2, 0.25) is 0 Å². The van der Waals surface area contributed by atoms with Crippen molar-refractivity contribution in [1.29, 1.82) is 0 Å². The maximum atomic E-state index is 12.1. The Bertz CT molecular complexity index is 493. The highest BCUT2D eigenvalue weighted by Crippen LogP contribution is 2.12. The van der Waals surface area contributed by atoms with Crippen molar-refractivity contribution in [2.75, 3.05) is 65.3 Å². The lowest BCUT2D eigenvalue weighted by Crippen LogP contribution is -2.44. The largest absolute Gasteiger partial charge is 0.378 e. The van der Waals surface area contributed by atoms with Crippen LogP contribution in [0.2, 0.25) is 0 Å². The van der Waals surface area contributed by atoms with E-state index in [2.05, 4.69) is 22.2 Å². The molecule has 5 heteroatoms. The Labute approximate surface area is 146 Å². The molecule has 1 heterocycles. The zero-order chi connectivity index (χ0) is 17.4. The molecular formula is C19H32N4O. The Morgan fingerprint density at radius 3 is 2.33 bits per heavy atom. The molecule has 1 amide bonds. The molecule has 0 saturated carbocycles. The van der Waals surface area contributed by atoms with E-state index in [4.69, 9.17) is 0 Å². The summed E-state index contributed by atoms with van der Waals surface area (Å²) in [7, 11) is 6.18. The second-order valence-corrected chi connectivity index (χ2v) is 6.90. The van der Waals surface area contributed by atoms with Gasteiger partial charge in [0.05, 0.1) is 0 Å². The zero-order valence-corrected chi connectivity index (χ0v) is 15.4. The molecule has 1 N–H and O–H groups in total. The summed E-state index contributed by atoms with van der Waals surface area (Å²) in [6.45, 7) is 6.70. The van der Waals surface area contributed by atoms with Crippen molar-refractivity contribution in [1.82, 2.24) is 15.1 Å².